The third-order valence-electron chi connectivity index (χ3n) is 5.97. The number of para-hydroxylation sites is 1. The topological polar surface area (TPSA) is 80.6 Å². The van der Waals surface area contributed by atoms with Gasteiger partial charge in [0.15, 0.2) is 5.75 Å². The Bertz CT molecular complexity index is 1210. The second-order valence-electron chi connectivity index (χ2n) is 8.09. The Hall–Kier alpha value is -2.87. The average molecular weight is 456 g/mol. The summed E-state index contributed by atoms with van der Waals surface area (Å²) in [6.45, 7) is 4.63. The van der Waals surface area contributed by atoms with E-state index in [9.17, 15) is 14.4 Å². The van der Waals surface area contributed by atoms with Crippen molar-refractivity contribution in [2.24, 2.45) is 0 Å². The first kappa shape index (κ1) is 22.3. The van der Waals surface area contributed by atoms with Crippen LogP contribution in [0.4, 0.5) is 0 Å². The van der Waals surface area contributed by atoms with Crippen LogP contribution in [0.1, 0.15) is 48.7 Å². The highest BCUT2D eigenvalue weighted by atomic mass is 32.1. The minimum absolute atomic E-state index is 0.119. The maximum Gasteiger partial charge on any atom is 0.265 e. The molecule has 8 heteroatoms. The Kier molecular flexibility index (Phi) is 6.79. The number of thiophene rings is 1. The van der Waals surface area contributed by atoms with Gasteiger partial charge in [0.1, 0.15) is 10.3 Å². The molecule has 4 rings (SSSR count). The maximum atomic E-state index is 13.4. The van der Waals surface area contributed by atoms with Crippen LogP contribution in [0.5, 0.6) is 5.75 Å². The number of benzene rings is 1. The third-order valence-corrected chi connectivity index (χ3v) is 7.17. The Morgan fingerprint density at radius 2 is 2.00 bits per heavy atom. The number of methoxy groups -OCH3 is 1. The lowest BCUT2D eigenvalue weighted by atomic mass is 10.1. The van der Waals surface area contributed by atoms with E-state index < -0.39 is 0 Å². The van der Waals surface area contributed by atoms with Crippen molar-refractivity contribution in [2.75, 3.05) is 26.7 Å². The molecule has 3 heterocycles. The molecule has 2 amide bonds. The van der Waals surface area contributed by atoms with Crippen LogP contribution in [0, 0.1) is 0 Å². The predicted octanol–water partition coefficient (Wildman–Crippen LogP) is 3.77. The fourth-order valence-corrected chi connectivity index (χ4v) is 5.53. The largest absolute Gasteiger partial charge is 0.494 e. The monoisotopic (exact) mass is 455 g/mol. The molecular weight excluding hydrogens is 426 g/mol. The van der Waals surface area contributed by atoms with Crippen LogP contribution in [0.2, 0.25) is 0 Å². The van der Waals surface area contributed by atoms with Gasteiger partial charge in [-0.05, 0) is 25.3 Å². The molecule has 0 saturated carbocycles. The molecule has 0 radical (unpaired) electrons. The minimum atomic E-state index is -0.251. The maximum absolute atomic E-state index is 13.4. The van der Waals surface area contributed by atoms with Crippen LogP contribution in [0.3, 0.4) is 0 Å². The van der Waals surface area contributed by atoms with Crippen LogP contribution in [-0.2, 0) is 11.3 Å². The van der Waals surface area contributed by atoms with E-state index in [-0.39, 0.29) is 17.4 Å². The van der Waals surface area contributed by atoms with E-state index in [1.54, 1.807) is 4.57 Å². The average Bonchev–Trinajstić information content (AvgIpc) is 3.40. The number of likely N-dealkylation sites (tertiary alicyclic amines) is 1. The summed E-state index contributed by atoms with van der Waals surface area (Å²) in [4.78, 5) is 40.4. The Morgan fingerprint density at radius 3 is 2.72 bits per heavy atom. The molecule has 3 aromatic rings. The zero-order valence-corrected chi connectivity index (χ0v) is 19.4. The number of carbonyl (C=O) groups is 2. The van der Waals surface area contributed by atoms with E-state index in [1.807, 2.05) is 29.2 Å². The normalized spacial score (nSPS) is 13.9. The molecule has 2 aromatic heterocycles. The molecule has 32 heavy (non-hydrogen) atoms. The van der Waals surface area contributed by atoms with Gasteiger partial charge in [0.2, 0.25) is 5.91 Å². The first-order valence-electron chi connectivity index (χ1n) is 11.2. The molecule has 7 nitrogen and oxygen atoms in total. The van der Waals surface area contributed by atoms with Crippen molar-refractivity contribution in [1.82, 2.24) is 14.8 Å². The molecular formula is C24H29N3O4S. The summed E-state index contributed by atoms with van der Waals surface area (Å²) in [5.41, 5.74) is 0.761. The number of aromatic nitrogens is 1. The Balaban J connectivity index is 1.64. The summed E-state index contributed by atoms with van der Waals surface area (Å²) >= 11 is 1.30. The molecule has 1 N–H and O–H groups in total. The van der Waals surface area contributed by atoms with Crippen LogP contribution in [-0.4, -0.2) is 48.0 Å². The molecule has 1 aliphatic heterocycles. The van der Waals surface area contributed by atoms with Gasteiger partial charge in [-0.2, -0.15) is 0 Å². The van der Waals surface area contributed by atoms with Crippen molar-refractivity contribution in [3.8, 4) is 5.75 Å². The summed E-state index contributed by atoms with van der Waals surface area (Å²) in [5, 5.41) is 4.36. The fraction of sp³-hybridized carbons (Fsp3) is 0.458. The summed E-state index contributed by atoms with van der Waals surface area (Å²) in [5.74, 6) is 0.284. The molecule has 0 aliphatic carbocycles. The standard InChI is InChI=1S/C24H29N3O4S/c1-3-4-15-27-17-10-6-5-9-16(17)21-19(24(27)30)20(31-2)22(32-21)23(29)25-12-8-14-26-13-7-11-18(26)28/h5-6,9-10H,3-4,7-8,11-15H2,1-2H3,(H,25,29). The van der Waals surface area contributed by atoms with Crippen molar-refractivity contribution >= 4 is 44.1 Å². The SMILES string of the molecule is CCCCn1c(=O)c2c(OC)c(C(=O)NCCCN3CCCC3=O)sc2c2ccccc21. The minimum Gasteiger partial charge on any atom is -0.494 e. The highest BCUT2D eigenvalue weighted by Crippen LogP contribution is 2.39. The number of carbonyl (C=O) groups excluding carboxylic acids is 2. The van der Waals surface area contributed by atoms with Crippen molar-refractivity contribution in [1.29, 1.82) is 0 Å². The molecule has 1 saturated heterocycles. The van der Waals surface area contributed by atoms with Crippen LogP contribution < -0.4 is 15.6 Å². The number of unbranched alkanes of at least 4 members (excludes halogenated alkanes) is 1. The highest BCUT2D eigenvalue weighted by Gasteiger charge is 2.25. The van der Waals surface area contributed by atoms with Crippen LogP contribution >= 0.6 is 11.3 Å². The van der Waals surface area contributed by atoms with Crippen LogP contribution in [0.25, 0.3) is 21.0 Å². The lowest BCUT2D eigenvalue weighted by Crippen LogP contribution is -2.30. The van der Waals surface area contributed by atoms with Gasteiger partial charge in [0.05, 0.1) is 17.3 Å². The molecule has 0 spiro atoms. The van der Waals surface area contributed by atoms with Crippen LogP contribution in [0.15, 0.2) is 29.1 Å². The summed E-state index contributed by atoms with van der Waals surface area (Å²) < 4.78 is 8.17. The number of hydrogen-bond acceptors (Lipinski definition) is 5. The van der Waals surface area contributed by atoms with E-state index in [4.69, 9.17) is 4.74 Å². The van der Waals surface area contributed by atoms with E-state index in [2.05, 4.69) is 12.2 Å². The van der Waals surface area contributed by atoms with Crippen molar-refractivity contribution < 1.29 is 14.3 Å². The van der Waals surface area contributed by atoms with Gasteiger partial charge in [-0.25, -0.2) is 0 Å². The smallest absolute Gasteiger partial charge is 0.265 e. The van der Waals surface area contributed by atoms with Crippen molar-refractivity contribution in [3.63, 3.8) is 0 Å². The van der Waals surface area contributed by atoms with E-state index in [1.165, 1.54) is 18.4 Å². The summed E-state index contributed by atoms with van der Waals surface area (Å²) in [6.07, 6.45) is 4.10. The number of nitrogens with zero attached hydrogens (tertiary/aromatic N) is 2. The number of hydrogen-bond donors (Lipinski definition) is 1. The van der Waals surface area contributed by atoms with Crippen molar-refractivity contribution in [3.05, 3.63) is 39.5 Å². The number of rotatable bonds is 9. The van der Waals surface area contributed by atoms with E-state index in [0.717, 1.165) is 41.4 Å². The molecule has 0 unspecified atom stereocenters. The molecule has 1 aromatic carbocycles. The summed E-state index contributed by atoms with van der Waals surface area (Å²) in [6, 6.07) is 7.82. The molecule has 1 fully saturated rings. The van der Waals surface area contributed by atoms with Gasteiger partial charge in [-0.15, -0.1) is 11.3 Å². The number of pyridine rings is 1. The predicted molar refractivity (Wildman–Crippen MR) is 128 cm³/mol. The zero-order valence-electron chi connectivity index (χ0n) is 18.6. The van der Waals surface area contributed by atoms with Gasteiger partial charge < -0.3 is 19.5 Å². The lowest BCUT2D eigenvalue weighted by molar-refractivity contribution is -0.127. The van der Waals surface area contributed by atoms with Crippen molar-refractivity contribution in [2.45, 2.75) is 45.6 Å². The third kappa shape index (κ3) is 4.11. The first-order valence-corrected chi connectivity index (χ1v) is 12.1. The quantitative estimate of drug-likeness (QED) is 0.498. The Labute approximate surface area is 191 Å². The van der Waals surface area contributed by atoms with E-state index >= 15 is 0 Å². The van der Waals surface area contributed by atoms with Gasteiger partial charge in [-0.1, -0.05) is 31.5 Å². The number of nitrogens with one attached hydrogen (secondary N) is 1. The van der Waals surface area contributed by atoms with Gasteiger partial charge in [0, 0.05) is 38.0 Å². The Morgan fingerprint density at radius 1 is 1.19 bits per heavy atom. The number of ether oxygens (including phenoxy) is 1. The van der Waals surface area contributed by atoms with Gasteiger partial charge in [-0.3, -0.25) is 14.4 Å². The first-order chi connectivity index (χ1) is 15.6. The molecule has 170 valence electrons. The summed E-state index contributed by atoms with van der Waals surface area (Å²) in [7, 11) is 1.50. The molecule has 0 atom stereocenters. The van der Waals surface area contributed by atoms with Gasteiger partial charge >= 0.3 is 0 Å². The van der Waals surface area contributed by atoms with E-state index in [0.29, 0.717) is 48.5 Å². The number of amides is 2. The second-order valence-corrected chi connectivity index (χ2v) is 9.11. The lowest BCUT2D eigenvalue weighted by Gasteiger charge is -2.15. The number of aryl methyl sites for hydroxylation is 1. The fourth-order valence-electron chi connectivity index (χ4n) is 4.32. The van der Waals surface area contributed by atoms with Gasteiger partial charge in [0.25, 0.3) is 11.5 Å². The molecule has 1 aliphatic rings. The second kappa shape index (κ2) is 9.73. The molecule has 0 bridgehead atoms. The highest BCUT2D eigenvalue weighted by molar-refractivity contribution is 7.22. The zero-order chi connectivity index (χ0) is 22.7. The number of fused-ring (bicyclic) bond motifs is 3.